The highest BCUT2D eigenvalue weighted by atomic mass is 35.5. The van der Waals surface area contributed by atoms with Gasteiger partial charge in [-0.25, -0.2) is 0 Å². The van der Waals surface area contributed by atoms with Crippen molar-refractivity contribution in [1.29, 1.82) is 0 Å². The van der Waals surface area contributed by atoms with E-state index in [4.69, 9.17) is 11.6 Å². The van der Waals surface area contributed by atoms with Crippen molar-refractivity contribution >= 4 is 34.0 Å². The molecule has 0 atom stereocenters. The molecule has 5 heteroatoms. The highest BCUT2D eigenvalue weighted by molar-refractivity contribution is 6.31. The van der Waals surface area contributed by atoms with Crippen LogP contribution in [0.1, 0.15) is 5.56 Å². The number of fused-ring (bicyclic) bond motifs is 1. The number of carbonyl (C=O) groups is 1. The van der Waals surface area contributed by atoms with Gasteiger partial charge in [-0.15, -0.1) is 0 Å². The molecule has 4 nitrogen and oxygen atoms in total. The number of carbonyl (C=O) groups excluding carboxylic acids is 1. The SMILES string of the molecule is Cc1c(Cl)cccc1NC(=O)Cn1ccc2ccccc2c1=O. The van der Waals surface area contributed by atoms with Crippen molar-refractivity contribution in [2.45, 2.75) is 13.5 Å². The van der Waals surface area contributed by atoms with E-state index in [1.54, 1.807) is 30.5 Å². The normalized spacial score (nSPS) is 10.7. The molecule has 0 aliphatic rings. The van der Waals surface area contributed by atoms with E-state index in [0.29, 0.717) is 16.1 Å². The van der Waals surface area contributed by atoms with E-state index < -0.39 is 0 Å². The molecule has 0 aliphatic heterocycles. The van der Waals surface area contributed by atoms with Gasteiger partial charge in [0.05, 0.1) is 0 Å². The molecule has 0 saturated carbocycles. The number of pyridine rings is 1. The zero-order chi connectivity index (χ0) is 16.4. The van der Waals surface area contributed by atoms with Crippen molar-refractivity contribution in [3.63, 3.8) is 0 Å². The van der Waals surface area contributed by atoms with Gasteiger partial charge in [-0.1, -0.05) is 35.9 Å². The molecule has 0 bridgehead atoms. The van der Waals surface area contributed by atoms with E-state index in [-0.39, 0.29) is 18.0 Å². The Kier molecular flexibility index (Phi) is 4.17. The predicted octanol–water partition coefficient (Wildman–Crippen LogP) is 3.60. The number of rotatable bonds is 3. The Labute approximate surface area is 138 Å². The highest BCUT2D eigenvalue weighted by Gasteiger charge is 2.09. The van der Waals surface area contributed by atoms with Crippen molar-refractivity contribution in [3.05, 3.63) is 75.7 Å². The Balaban J connectivity index is 1.85. The maximum Gasteiger partial charge on any atom is 0.258 e. The van der Waals surface area contributed by atoms with Crippen LogP contribution in [0.15, 0.2) is 59.5 Å². The second kappa shape index (κ2) is 6.26. The van der Waals surface area contributed by atoms with E-state index in [9.17, 15) is 9.59 Å². The number of nitrogens with zero attached hydrogens (tertiary/aromatic N) is 1. The van der Waals surface area contributed by atoms with Crippen molar-refractivity contribution in [2.24, 2.45) is 0 Å². The third-order valence-corrected chi connectivity index (χ3v) is 4.15. The minimum absolute atomic E-state index is 0.0460. The first-order chi connectivity index (χ1) is 11.1. The Bertz CT molecular complexity index is 947. The third-order valence-electron chi connectivity index (χ3n) is 3.74. The Morgan fingerprint density at radius 2 is 1.91 bits per heavy atom. The minimum Gasteiger partial charge on any atom is -0.324 e. The number of halogens is 1. The van der Waals surface area contributed by atoms with Gasteiger partial charge in [-0.3, -0.25) is 9.59 Å². The molecule has 1 aromatic heterocycles. The van der Waals surface area contributed by atoms with Gasteiger partial charge < -0.3 is 9.88 Å². The quantitative estimate of drug-likeness (QED) is 0.799. The first kappa shape index (κ1) is 15.3. The van der Waals surface area contributed by atoms with Crippen molar-refractivity contribution in [3.8, 4) is 0 Å². The van der Waals surface area contributed by atoms with Crippen LogP contribution in [0.2, 0.25) is 5.02 Å². The molecule has 23 heavy (non-hydrogen) atoms. The lowest BCUT2D eigenvalue weighted by Gasteiger charge is -2.11. The van der Waals surface area contributed by atoms with Crippen LogP contribution < -0.4 is 10.9 Å². The third kappa shape index (κ3) is 3.12. The molecular formula is C18H15ClN2O2. The van der Waals surface area contributed by atoms with Crippen LogP contribution in [0.3, 0.4) is 0 Å². The van der Waals surface area contributed by atoms with Crippen LogP contribution in [-0.4, -0.2) is 10.5 Å². The summed E-state index contributed by atoms with van der Waals surface area (Å²) in [6, 6.07) is 14.5. The lowest BCUT2D eigenvalue weighted by atomic mass is 10.2. The average molecular weight is 327 g/mol. The van der Waals surface area contributed by atoms with Crippen molar-refractivity contribution in [1.82, 2.24) is 4.57 Å². The maximum absolute atomic E-state index is 12.4. The summed E-state index contributed by atoms with van der Waals surface area (Å²) < 4.78 is 1.40. The van der Waals surface area contributed by atoms with Gasteiger partial charge in [0.25, 0.3) is 5.56 Å². The Hall–Kier alpha value is -2.59. The molecule has 3 aromatic rings. The fourth-order valence-electron chi connectivity index (χ4n) is 2.44. The molecule has 116 valence electrons. The summed E-state index contributed by atoms with van der Waals surface area (Å²) in [4.78, 5) is 24.6. The fraction of sp³-hybridized carbons (Fsp3) is 0.111. The molecule has 1 N–H and O–H groups in total. The van der Waals surface area contributed by atoms with E-state index in [0.717, 1.165) is 10.9 Å². The van der Waals surface area contributed by atoms with Gasteiger partial charge in [-0.2, -0.15) is 0 Å². The van der Waals surface area contributed by atoms with Gasteiger partial charge in [0.2, 0.25) is 5.91 Å². The number of nitrogens with one attached hydrogen (secondary N) is 1. The van der Waals surface area contributed by atoms with Gasteiger partial charge in [-0.05, 0) is 42.1 Å². The van der Waals surface area contributed by atoms with Crippen LogP contribution in [0, 0.1) is 6.92 Å². The van der Waals surface area contributed by atoms with E-state index >= 15 is 0 Å². The monoisotopic (exact) mass is 326 g/mol. The minimum atomic E-state index is -0.271. The molecule has 0 unspecified atom stereocenters. The Morgan fingerprint density at radius 3 is 2.74 bits per heavy atom. The van der Waals surface area contributed by atoms with Gasteiger partial charge >= 0.3 is 0 Å². The molecule has 0 radical (unpaired) electrons. The number of hydrogen-bond acceptors (Lipinski definition) is 2. The van der Waals surface area contributed by atoms with E-state index in [2.05, 4.69) is 5.32 Å². The van der Waals surface area contributed by atoms with E-state index in [1.165, 1.54) is 4.57 Å². The topological polar surface area (TPSA) is 51.1 Å². The maximum atomic E-state index is 12.4. The lowest BCUT2D eigenvalue weighted by Crippen LogP contribution is -2.27. The molecule has 0 spiro atoms. The van der Waals surface area contributed by atoms with Crippen molar-refractivity contribution in [2.75, 3.05) is 5.32 Å². The largest absolute Gasteiger partial charge is 0.324 e. The molecule has 3 rings (SSSR count). The molecule has 2 aromatic carbocycles. The second-order valence-corrected chi connectivity index (χ2v) is 5.70. The first-order valence-electron chi connectivity index (χ1n) is 7.19. The highest BCUT2D eigenvalue weighted by Crippen LogP contribution is 2.22. The summed E-state index contributed by atoms with van der Waals surface area (Å²) in [5, 5.41) is 4.84. The summed E-state index contributed by atoms with van der Waals surface area (Å²) in [5.74, 6) is -0.271. The summed E-state index contributed by atoms with van der Waals surface area (Å²) in [6.45, 7) is 1.79. The summed E-state index contributed by atoms with van der Waals surface area (Å²) in [7, 11) is 0. The molecule has 1 heterocycles. The Morgan fingerprint density at radius 1 is 1.13 bits per heavy atom. The smallest absolute Gasteiger partial charge is 0.258 e. The number of aromatic nitrogens is 1. The van der Waals surface area contributed by atoms with Crippen molar-refractivity contribution < 1.29 is 4.79 Å². The zero-order valence-corrected chi connectivity index (χ0v) is 13.3. The number of benzene rings is 2. The van der Waals surface area contributed by atoms with Crippen LogP contribution in [0.25, 0.3) is 10.8 Å². The van der Waals surface area contributed by atoms with Gasteiger partial charge in [0, 0.05) is 22.3 Å². The lowest BCUT2D eigenvalue weighted by molar-refractivity contribution is -0.116. The van der Waals surface area contributed by atoms with E-state index in [1.807, 2.05) is 31.2 Å². The van der Waals surface area contributed by atoms with Crippen LogP contribution in [0.4, 0.5) is 5.69 Å². The standard InChI is InChI=1S/C18H15ClN2O2/c1-12-15(19)7-4-8-16(12)20-17(22)11-21-10-9-13-5-2-3-6-14(13)18(21)23/h2-10H,11H2,1H3,(H,20,22). The molecular weight excluding hydrogens is 312 g/mol. The average Bonchev–Trinajstić information content (AvgIpc) is 2.55. The van der Waals surface area contributed by atoms with Gasteiger partial charge in [0.1, 0.15) is 6.54 Å². The number of amides is 1. The predicted molar refractivity (Wildman–Crippen MR) is 93.0 cm³/mol. The molecule has 0 saturated heterocycles. The summed E-state index contributed by atoms with van der Waals surface area (Å²) >= 11 is 6.04. The fourth-order valence-corrected chi connectivity index (χ4v) is 2.62. The molecule has 0 fully saturated rings. The summed E-state index contributed by atoms with van der Waals surface area (Å²) in [5.41, 5.74) is 1.27. The number of hydrogen-bond donors (Lipinski definition) is 1. The van der Waals surface area contributed by atoms with Gasteiger partial charge in [0.15, 0.2) is 0 Å². The second-order valence-electron chi connectivity index (χ2n) is 5.30. The van der Waals surface area contributed by atoms with Crippen LogP contribution in [0.5, 0.6) is 0 Å². The van der Waals surface area contributed by atoms with Crippen LogP contribution >= 0.6 is 11.6 Å². The zero-order valence-electron chi connectivity index (χ0n) is 12.5. The molecule has 0 aliphatic carbocycles. The number of anilines is 1. The first-order valence-corrected chi connectivity index (χ1v) is 7.57. The van der Waals surface area contributed by atoms with Crippen LogP contribution in [-0.2, 0) is 11.3 Å². The summed E-state index contributed by atoms with van der Waals surface area (Å²) in [6.07, 6.45) is 1.63. The molecule has 1 amide bonds.